The van der Waals surface area contributed by atoms with Crippen LogP contribution in [-0.2, 0) is 11.8 Å². The van der Waals surface area contributed by atoms with Crippen LogP contribution < -0.4 is 4.90 Å². The molecular weight excluding hydrogens is 310 g/mol. The summed E-state index contributed by atoms with van der Waals surface area (Å²) in [5, 5.41) is 16.7. The van der Waals surface area contributed by atoms with E-state index in [0.717, 1.165) is 5.56 Å². The lowest BCUT2D eigenvalue weighted by atomic mass is 10.1. The van der Waals surface area contributed by atoms with E-state index in [-0.39, 0.29) is 6.54 Å². The Hall–Kier alpha value is -3.50. The fourth-order valence-corrected chi connectivity index (χ4v) is 2.48. The number of anilines is 1. The van der Waals surface area contributed by atoms with Crippen molar-refractivity contribution in [2.75, 3.05) is 18.0 Å². The van der Waals surface area contributed by atoms with Crippen molar-refractivity contribution in [3.05, 3.63) is 46.5 Å². The second-order valence-electron chi connectivity index (χ2n) is 5.23. The zero-order valence-electron chi connectivity index (χ0n) is 12.8. The normalized spacial score (nSPS) is 16.4. The summed E-state index contributed by atoms with van der Waals surface area (Å²) in [6.45, 7) is 0.445. The molecule has 1 aromatic carbocycles. The fourth-order valence-electron chi connectivity index (χ4n) is 2.48. The molecule has 2 heterocycles. The number of cyclic esters (lactones) is 1. The molecule has 3 rings (SSSR count). The Balaban J connectivity index is 1.78. The molecule has 1 atom stereocenters. The third-order valence-corrected chi connectivity index (χ3v) is 3.69. The SMILES string of the molecule is Cn1nc(-c2ccc(N3C[C@H](CN=[N+]=[N-])OC3=O)cc2)cc1C#N. The van der Waals surface area contributed by atoms with Crippen LogP contribution in [0.1, 0.15) is 5.69 Å². The van der Waals surface area contributed by atoms with Crippen LogP contribution in [0.15, 0.2) is 35.4 Å². The van der Waals surface area contributed by atoms with Crippen LogP contribution in [0.4, 0.5) is 10.5 Å². The molecule has 1 fully saturated rings. The smallest absolute Gasteiger partial charge is 0.414 e. The van der Waals surface area contributed by atoms with E-state index in [1.807, 2.05) is 12.1 Å². The number of carbonyl (C=O) groups is 1. The predicted octanol–water partition coefficient (Wildman–Crippen LogP) is 2.59. The molecular formula is C15H13N7O2. The molecule has 1 aromatic heterocycles. The first-order valence-electron chi connectivity index (χ1n) is 7.16. The fraction of sp³-hybridized carbons (Fsp3) is 0.267. The van der Waals surface area contributed by atoms with Crippen LogP contribution in [0, 0.1) is 11.3 Å². The van der Waals surface area contributed by atoms with Crippen LogP contribution >= 0.6 is 0 Å². The van der Waals surface area contributed by atoms with Gasteiger partial charge in [0.1, 0.15) is 17.9 Å². The molecule has 0 bridgehead atoms. The van der Waals surface area contributed by atoms with Gasteiger partial charge in [-0.2, -0.15) is 10.4 Å². The number of ether oxygens (including phenoxy) is 1. The molecule has 1 aliphatic heterocycles. The van der Waals surface area contributed by atoms with Gasteiger partial charge in [-0.15, -0.1) is 0 Å². The number of amides is 1. The highest BCUT2D eigenvalue weighted by molar-refractivity contribution is 5.90. The second kappa shape index (κ2) is 6.32. The van der Waals surface area contributed by atoms with Gasteiger partial charge in [-0.25, -0.2) is 4.79 Å². The van der Waals surface area contributed by atoms with E-state index in [4.69, 9.17) is 15.5 Å². The third kappa shape index (κ3) is 2.86. The quantitative estimate of drug-likeness (QED) is 0.487. The summed E-state index contributed by atoms with van der Waals surface area (Å²) in [5.41, 5.74) is 11.0. The average molecular weight is 323 g/mol. The van der Waals surface area contributed by atoms with E-state index in [2.05, 4.69) is 21.2 Å². The number of hydrogen-bond acceptors (Lipinski definition) is 5. The Labute approximate surface area is 137 Å². The van der Waals surface area contributed by atoms with Crippen LogP contribution in [0.2, 0.25) is 0 Å². The Morgan fingerprint density at radius 1 is 1.50 bits per heavy atom. The molecule has 9 heteroatoms. The molecule has 0 radical (unpaired) electrons. The van der Waals surface area contributed by atoms with E-state index in [0.29, 0.717) is 23.6 Å². The van der Waals surface area contributed by atoms with Gasteiger partial charge in [0.2, 0.25) is 0 Å². The summed E-state index contributed by atoms with van der Waals surface area (Å²) in [6.07, 6.45) is -0.910. The van der Waals surface area contributed by atoms with E-state index in [1.165, 1.54) is 9.58 Å². The molecule has 9 nitrogen and oxygen atoms in total. The van der Waals surface area contributed by atoms with Gasteiger partial charge in [-0.1, -0.05) is 17.2 Å². The van der Waals surface area contributed by atoms with Gasteiger partial charge >= 0.3 is 6.09 Å². The van der Waals surface area contributed by atoms with Gasteiger partial charge < -0.3 is 4.74 Å². The van der Waals surface area contributed by atoms with E-state index >= 15 is 0 Å². The molecule has 2 aromatic rings. The van der Waals surface area contributed by atoms with Crippen molar-refractivity contribution in [3.63, 3.8) is 0 Å². The maximum Gasteiger partial charge on any atom is 0.414 e. The number of rotatable bonds is 4. The van der Waals surface area contributed by atoms with Gasteiger partial charge in [0, 0.05) is 29.3 Å². The summed E-state index contributed by atoms with van der Waals surface area (Å²) in [4.78, 5) is 16.1. The van der Waals surface area contributed by atoms with Crippen molar-refractivity contribution in [1.29, 1.82) is 5.26 Å². The molecule has 24 heavy (non-hydrogen) atoms. The number of hydrogen-bond donors (Lipinski definition) is 0. The number of aromatic nitrogens is 2. The first-order chi connectivity index (χ1) is 11.6. The second-order valence-corrected chi connectivity index (χ2v) is 5.23. The van der Waals surface area contributed by atoms with Gasteiger partial charge in [0.25, 0.3) is 0 Å². The molecule has 1 saturated heterocycles. The molecule has 1 amide bonds. The van der Waals surface area contributed by atoms with Crippen molar-refractivity contribution in [3.8, 4) is 17.3 Å². The standard InChI is InChI=1S/C15H13N7O2/c1-21-12(7-16)6-14(19-21)10-2-4-11(5-3-10)22-9-13(8-18-20-17)24-15(22)23/h2-6,13H,8-9H2,1H3/t13-/m0/s1. The molecule has 0 saturated carbocycles. The number of benzene rings is 1. The van der Waals surface area contributed by atoms with Crippen molar-refractivity contribution in [2.24, 2.45) is 12.2 Å². The molecule has 120 valence electrons. The van der Waals surface area contributed by atoms with Crippen molar-refractivity contribution >= 4 is 11.8 Å². The van der Waals surface area contributed by atoms with E-state index in [9.17, 15) is 4.79 Å². The summed E-state index contributed by atoms with van der Waals surface area (Å²) in [6, 6.07) is 11.0. The third-order valence-electron chi connectivity index (χ3n) is 3.69. The van der Waals surface area contributed by atoms with Crippen molar-refractivity contribution in [1.82, 2.24) is 9.78 Å². The largest absolute Gasteiger partial charge is 0.444 e. The summed E-state index contributed by atoms with van der Waals surface area (Å²) >= 11 is 0. The number of azide groups is 1. The summed E-state index contributed by atoms with van der Waals surface area (Å²) in [5.74, 6) is 0. The Kier molecular flexibility index (Phi) is 4.05. The van der Waals surface area contributed by atoms with Crippen LogP contribution in [0.5, 0.6) is 0 Å². The molecule has 0 unspecified atom stereocenters. The minimum absolute atomic E-state index is 0.113. The maximum atomic E-state index is 11.9. The van der Waals surface area contributed by atoms with Gasteiger partial charge in [0.05, 0.1) is 18.8 Å². The van der Waals surface area contributed by atoms with Gasteiger partial charge in [0.15, 0.2) is 0 Å². The minimum atomic E-state index is -0.467. The Bertz CT molecular complexity index is 859. The first-order valence-corrected chi connectivity index (χ1v) is 7.16. The van der Waals surface area contributed by atoms with Crippen LogP contribution in [-0.4, -0.2) is 35.1 Å². The average Bonchev–Trinajstić information content (AvgIpc) is 3.15. The first kappa shape index (κ1) is 15.4. The molecule has 0 spiro atoms. The summed E-state index contributed by atoms with van der Waals surface area (Å²) < 4.78 is 6.66. The Morgan fingerprint density at radius 3 is 2.88 bits per heavy atom. The van der Waals surface area contributed by atoms with Gasteiger partial charge in [-0.3, -0.25) is 9.58 Å². The maximum absolute atomic E-state index is 11.9. The zero-order chi connectivity index (χ0) is 17.1. The van der Waals surface area contributed by atoms with E-state index < -0.39 is 12.2 Å². The predicted molar refractivity (Wildman–Crippen MR) is 85.0 cm³/mol. The zero-order valence-corrected chi connectivity index (χ0v) is 12.8. The number of nitriles is 1. The lowest BCUT2D eigenvalue weighted by Crippen LogP contribution is -2.24. The van der Waals surface area contributed by atoms with E-state index in [1.54, 1.807) is 25.2 Å². The lowest BCUT2D eigenvalue weighted by Gasteiger charge is -2.13. The highest BCUT2D eigenvalue weighted by Crippen LogP contribution is 2.26. The van der Waals surface area contributed by atoms with Crippen LogP contribution in [0.3, 0.4) is 0 Å². The van der Waals surface area contributed by atoms with Crippen molar-refractivity contribution < 1.29 is 9.53 Å². The lowest BCUT2D eigenvalue weighted by molar-refractivity contribution is 0.145. The monoisotopic (exact) mass is 323 g/mol. The van der Waals surface area contributed by atoms with Gasteiger partial charge in [-0.05, 0) is 17.7 Å². The topological polar surface area (TPSA) is 120 Å². The molecule has 0 N–H and O–H groups in total. The minimum Gasteiger partial charge on any atom is -0.444 e. The van der Waals surface area contributed by atoms with Crippen LogP contribution in [0.25, 0.3) is 21.7 Å². The molecule has 1 aliphatic rings. The highest BCUT2D eigenvalue weighted by Gasteiger charge is 2.31. The Morgan fingerprint density at radius 2 is 2.25 bits per heavy atom. The molecule has 0 aliphatic carbocycles. The number of aryl methyl sites for hydroxylation is 1. The highest BCUT2D eigenvalue weighted by atomic mass is 16.6. The summed E-state index contributed by atoms with van der Waals surface area (Å²) in [7, 11) is 1.71. The van der Waals surface area contributed by atoms with Crippen molar-refractivity contribution in [2.45, 2.75) is 6.10 Å². The number of carbonyl (C=O) groups excluding carboxylic acids is 1. The number of nitrogens with zero attached hydrogens (tertiary/aromatic N) is 7.